The van der Waals surface area contributed by atoms with Crippen LogP contribution >= 0.6 is 0 Å². The Kier molecular flexibility index (Phi) is 1.78. The van der Waals surface area contributed by atoms with E-state index in [1.165, 1.54) is 0 Å². The van der Waals surface area contributed by atoms with E-state index in [4.69, 9.17) is 4.74 Å². The average Bonchev–Trinajstić information content (AvgIpc) is 2.29. The fourth-order valence-electron chi connectivity index (χ4n) is 2.12. The van der Waals surface area contributed by atoms with Gasteiger partial charge in [-0.2, -0.15) is 0 Å². The summed E-state index contributed by atoms with van der Waals surface area (Å²) in [5, 5.41) is 2.86. The van der Waals surface area contributed by atoms with Crippen molar-refractivity contribution >= 4 is 12.0 Å². The van der Waals surface area contributed by atoms with Gasteiger partial charge in [0.1, 0.15) is 12.4 Å². The molecule has 0 atom stereocenters. The molecule has 0 radical (unpaired) electrons. The van der Waals surface area contributed by atoms with E-state index in [0.29, 0.717) is 6.61 Å². The molecular weight excluding hydrogens is 190 g/mol. The molecule has 2 aliphatic heterocycles. The molecule has 1 N–H and O–H groups in total. The minimum absolute atomic E-state index is 0.0169. The van der Waals surface area contributed by atoms with Gasteiger partial charge in [-0.15, -0.1) is 0 Å². The topological polar surface area (TPSA) is 38.3 Å². The standard InChI is InChI=1S/C12H11NO2/c14-12-11-8(5-6-13-12)3-4-10-9(11)2-1-7-15-10/h1-4H,5-7H2,(H,13,14). The summed E-state index contributed by atoms with van der Waals surface area (Å²) in [7, 11) is 0. The van der Waals surface area contributed by atoms with Crippen molar-refractivity contribution < 1.29 is 9.53 Å². The Morgan fingerprint density at radius 3 is 3.20 bits per heavy atom. The highest BCUT2D eigenvalue weighted by molar-refractivity contribution is 6.01. The van der Waals surface area contributed by atoms with Crippen molar-refractivity contribution in [2.45, 2.75) is 6.42 Å². The van der Waals surface area contributed by atoms with Crippen molar-refractivity contribution in [1.82, 2.24) is 5.32 Å². The van der Waals surface area contributed by atoms with E-state index in [-0.39, 0.29) is 5.91 Å². The van der Waals surface area contributed by atoms with Crippen molar-refractivity contribution in [3.63, 3.8) is 0 Å². The van der Waals surface area contributed by atoms with Crippen LogP contribution in [-0.2, 0) is 6.42 Å². The summed E-state index contributed by atoms with van der Waals surface area (Å²) in [6.07, 6.45) is 4.81. The highest BCUT2D eigenvalue weighted by Gasteiger charge is 2.22. The molecule has 3 heteroatoms. The van der Waals surface area contributed by atoms with Gasteiger partial charge in [-0.05, 0) is 24.1 Å². The number of rotatable bonds is 0. The Labute approximate surface area is 87.7 Å². The predicted octanol–water partition coefficient (Wildman–Crippen LogP) is 1.38. The van der Waals surface area contributed by atoms with E-state index in [0.717, 1.165) is 35.4 Å². The van der Waals surface area contributed by atoms with Gasteiger partial charge in [-0.3, -0.25) is 4.79 Å². The van der Waals surface area contributed by atoms with Crippen LogP contribution in [0.5, 0.6) is 5.75 Å². The summed E-state index contributed by atoms with van der Waals surface area (Å²) in [4.78, 5) is 11.8. The summed E-state index contributed by atoms with van der Waals surface area (Å²) in [5.41, 5.74) is 2.83. The fraction of sp³-hybridized carbons (Fsp3) is 0.250. The number of fused-ring (bicyclic) bond motifs is 3. The summed E-state index contributed by atoms with van der Waals surface area (Å²) >= 11 is 0. The number of benzene rings is 1. The third-order valence-electron chi connectivity index (χ3n) is 2.82. The number of carbonyl (C=O) groups excluding carboxylic acids is 1. The lowest BCUT2D eigenvalue weighted by Gasteiger charge is -2.22. The normalized spacial score (nSPS) is 17.5. The highest BCUT2D eigenvalue weighted by Crippen LogP contribution is 2.30. The summed E-state index contributed by atoms with van der Waals surface area (Å²) < 4.78 is 5.47. The molecule has 3 rings (SSSR count). The molecule has 0 aromatic heterocycles. The van der Waals surface area contributed by atoms with Crippen LogP contribution in [-0.4, -0.2) is 19.1 Å². The Balaban J connectivity index is 2.25. The van der Waals surface area contributed by atoms with Crippen LogP contribution in [0.1, 0.15) is 21.5 Å². The second kappa shape index (κ2) is 3.12. The first-order valence-corrected chi connectivity index (χ1v) is 5.09. The van der Waals surface area contributed by atoms with Crippen molar-refractivity contribution in [3.05, 3.63) is 34.9 Å². The van der Waals surface area contributed by atoms with Crippen LogP contribution in [0.25, 0.3) is 6.08 Å². The molecule has 3 nitrogen and oxygen atoms in total. The lowest BCUT2D eigenvalue weighted by atomic mass is 9.93. The van der Waals surface area contributed by atoms with Crippen LogP contribution in [0.15, 0.2) is 18.2 Å². The number of hydrogen-bond donors (Lipinski definition) is 1. The minimum atomic E-state index is 0.0169. The zero-order chi connectivity index (χ0) is 10.3. The van der Waals surface area contributed by atoms with Gasteiger partial charge in [0.25, 0.3) is 5.91 Å². The molecular formula is C12H11NO2. The SMILES string of the molecule is O=C1NCCc2ccc3c(c21)C=CCO3. The third kappa shape index (κ3) is 1.23. The van der Waals surface area contributed by atoms with E-state index >= 15 is 0 Å². The zero-order valence-corrected chi connectivity index (χ0v) is 8.25. The highest BCUT2D eigenvalue weighted by atomic mass is 16.5. The lowest BCUT2D eigenvalue weighted by Crippen LogP contribution is -2.32. The van der Waals surface area contributed by atoms with Gasteiger partial charge in [0.2, 0.25) is 0 Å². The molecule has 0 aliphatic carbocycles. The minimum Gasteiger partial charge on any atom is -0.489 e. The fourth-order valence-corrected chi connectivity index (χ4v) is 2.12. The maximum Gasteiger partial charge on any atom is 0.252 e. The quantitative estimate of drug-likeness (QED) is 0.688. The van der Waals surface area contributed by atoms with Crippen molar-refractivity contribution in [1.29, 1.82) is 0 Å². The van der Waals surface area contributed by atoms with Crippen LogP contribution in [0, 0.1) is 0 Å². The molecule has 2 aliphatic rings. The zero-order valence-electron chi connectivity index (χ0n) is 8.25. The van der Waals surface area contributed by atoms with Gasteiger partial charge >= 0.3 is 0 Å². The predicted molar refractivity (Wildman–Crippen MR) is 57.0 cm³/mol. The number of carbonyl (C=O) groups is 1. The Morgan fingerprint density at radius 2 is 2.27 bits per heavy atom. The molecule has 15 heavy (non-hydrogen) atoms. The van der Waals surface area contributed by atoms with Crippen molar-refractivity contribution in [2.75, 3.05) is 13.2 Å². The average molecular weight is 201 g/mol. The molecule has 2 heterocycles. The maximum absolute atomic E-state index is 11.8. The van der Waals surface area contributed by atoms with E-state index < -0.39 is 0 Å². The van der Waals surface area contributed by atoms with Gasteiger partial charge in [-0.25, -0.2) is 0 Å². The number of hydrogen-bond acceptors (Lipinski definition) is 2. The molecule has 0 saturated heterocycles. The van der Waals surface area contributed by atoms with Gasteiger partial charge in [0.05, 0.1) is 5.56 Å². The van der Waals surface area contributed by atoms with E-state index in [9.17, 15) is 4.79 Å². The lowest BCUT2D eigenvalue weighted by molar-refractivity contribution is 0.0945. The summed E-state index contributed by atoms with van der Waals surface area (Å²) in [5.74, 6) is 0.830. The van der Waals surface area contributed by atoms with Crippen LogP contribution in [0.4, 0.5) is 0 Å². The Bertz CT molecular complexity index is 463. The Hall–Kier alpha value is -1.77. The molecule has 1 aromatic carbocycles. The van der Waals surface area contributed by atoms with Gasteiger partial charge < -0.3 is 10.1 Å². The van der Waals surface area contributed by atoms with Crippen molar-refractivity contribution in [3.8, 4) is 5.75 Å². The largest absolute Gasteiger partial charge is 0.489 e. The first-order valence-electron chi connectivity index (χ1n) is 5.09. The molecule has 0 saturated carbocycles. The van der Waals surface area contributed by atoms with Crippen LogP contribution in [0.2, 0.25) is 0 Å². The van der Waals surface area contributed by atoms with Crippen LogP contribution in [0.3, 0.4) is 0 Å². The maximum atomic E-state index is 11.8. The van der Waals surface area contributed by atoms with E-state index in [2.05, 4.69) is 5.32 Å². The van der Waals surface area contributed by atoms with Gasteiger partial charge in [0, 0.05) is 12.1 Å². The monoisotopic (exact) mass is 201 g/mol. The molecule has 1 amide bonds. The molecule has 0 fully saturated rings. The molecule has 0 unspecified atom stereocenters. The van der Waals surface area contributed by atoms with Gasteiger partial charge in [-0.1, -0.05) is 12.1 Å². The summed E-state index contributed by atoms with van der Waals surface area (Å²) in [6.45, 7) is 1.32. The molecule has 76 valence electrons. The first-order chi connectivity index (χ1) is 7.36. The van der Waals surface area contributed by atoms with Crippen LogP contribution < -0.4 is 10.1 Å². The molecule has 0 bridgehead atoms. The number of ether oxygens (including phenoxy) is 1. The number of nitrogens with one attached hydrogen (secondary N) is 1. The second-order valence-electron chi connectivity index (χ2n) is 3.73. The van der Waals surface area contributed by atoms with E-state index in [1.54, 1.807) is 0 Å². The smallest absolute Gasteiger partial charge is 0.252 e. The molecule has 1 aromatic rings. The third-order valence-corrected chi connectivity index (χ3v) is 2.82. The number of amides is 1. The van der Waals surface area contributed by atoms with Crippen molar-refractivity contribution in [2.24, 2.45) is 0 Å². The van der Waals surface area contributed by atoms with Gasteiger partial charge in [0.15, 0.2) is 0 Å². The van der Waals surface area contributed by atoms with E-state index in [1.807, 2.05) is 24.3 Å². The summed E-state index contributed by atoms with van der Waals surface area (Å²) in [6, 6.07) is 3.95. The second-order valence-corrected chi connectivity index (χ2v) is 3.73. The first kappa shape index (κ1) is 8.53. The molecule has 0 spiro atoms. The Morgan fingerprint density at radius 1 is 1.33 bits per heavy atom.